The quantitative estimate of drug-likeness (QED) is 0.736. The van der Waals surface area contributed by atoms with Gasteiger partial charge in [0.15, 0.2) is 6.61 Å². The van der Waals surface area contributed by atoms with Gasteiger partial charge in [0.1, 0.15) is 5.75 Å². The first-order chi connectivity index (χ1) is 10.0. The number of benzene rings is 1. The van der Waals surface area contributed by atoms with Crippen molar-refractivity contribution in [3.8, 4) is 5.75 Å². The van der Waals surface area contributed by atoms with E-state index in [0.717, 1.165) is 30.7 Å². The molecule has 4 nitrogen and oxygen atoms in total. The minimum Gasteiger partial charge on any atom is -0.484 e. The molecule has 118 valence electrons. The molecule has 0 radical (unpaired) electrons. The summed E-state index contributed by atoms with van der Waals surface area (Å²) in [5, 5.41) is 6.29. The van der Waals surface area contributed by atoms with Gasteiger partial charge in [0.25, 0.3) is 5.91 Å². The Morgan fingerprint density at radius 2 is 2.05 bits per heavy atom. The largest absolute Gasteiger partial charge is 0.484 e. The molecule has 1 atom stereocenters. The minimum absolute atomic E-state index is 0.0646. The van der Waals surface area contributed by atoms with Crippen LogP contribution in [-0.2, 0) is 11.3 Å². The SMILES string of the molecule is CCCC(C)NC(=O)COc1cccc(CNC(C)C)c1. The van der Waals surface area contributed by atoms with E-state index in [2.05, 4.69) is 31.4 Å². The fourth-order valence-corrected chi connectivity index (χ4v) is 2.04. The first-order valence-corrected chi connectivity index (χ1v) is 7.75. The summed E-state index contributed by atoms with van der Waals surface area (Å²) < 4.78 is 5.55. The molecule has 0 fully saturated rings. The topological polar surface area (TPSA) is 50.4 Å². The number of carbonyl (C=O) groups excluding carboxylic acids is 1. The van der Waals surface area contributed by atoms with Crippen molar-refractivity contribution in [3.63, 3.8) is 0 Å². The van der Waals surface area contributed by atoms with Crippen LogP contribution in [0.25, 0.3) is 0 Å². The molecule has 21 heavy (non-hydrogen) atoms. The molecule has 1 aromatic carbocycles. The van der Waals surface area contributed by atoms with Crippen LogP contribution in [-0.4, -0.2) is 24.6 Å². The van der Waals surface area contributed by atoms with E-state index in [-0.39, 0.29) is 18.6 Å². The molecule has 0 aliphatic carbocycles. The lowest BCUT2D eigenvalue weighted by Gasteiger charge is -2.14. The van der Waals surface area contributed by atoms with Crippen molar-refractivity contribution in [2.45, 2.75) is 59.2 Å². The van der Waals surface area contributed by atoms with Crippen molar-refractivity contribution in [3.05, 3.63) is 29.8 Å². The van der Waals surface area contributed by atoms with E-state index in [0.29, 0.717) is 6.04 Å². The van der Waals surface area contributed by atoms with Gasteiger partial charge in [-0.2, -0.15) is 0 Å². The molecule has 0 aromatic heterocycles. The normalized spacial score (nSPS) is 12.2. The van der Waals surface area contributed by atoms with Crippen LogP contribution in [0.2, 0.25) is 0 Å². The van der Waals surface area contributed by atoms with Gasteiger partial charge in [0, 0.05) is 18.6 Å². The van der Waals surface area contributed by atoms with Gasteiger partial charge in [-0.25, -0.2) is 0 Å². The molecular weight excluding hydrogens is 264 g/mol. The maximum atomic E-state index is 11.8. The number of hydrogen-bond donors (Lipinski definition) is 2. The molecule has 0 bridgehead atoms. The lowest BCUT2D eigenvalue weighted by atomic mass is 10.2. The van der Waals surface area contributed by atoms with E-state index < -0.39 is 0 Å². The molecule has 0 spiro atoms. The van der Waals surface area contributed by atoms with Crippen LogP contribution in [0.4, 0.5) is 0 Å². The molecular formula is C17H28N2O2. The van der Waals surface area contributed by atoms with Crippen LogP contribution in [0.15, 0.2) is 24.3 Å². The second kappa shape index (κ2) is 9.40. The van der Waals surface area contributed by atoms with Crippen LogP contribution in [0.5, 0.6) is 5.75 Å². The average Bonchev–Trinajstić information content (AvgIpc) is 2.43. The van der Waals surface area contributed by atoms with E-state index >= 15 is 0 Å². The summed E-state index contributed by atoms with van der Waals surface area (Å²) in [6, 6.07) is 8.49. The second-order valence-electron chi connectivity index (χ2n) is 5.73. The maximum Gasteiger partial charge on any atom is 0.258 e. The average molecular weight is 292 g/mol. The van der Waals surface area contributed by atoms with Crippen molar-refractivity contribution in [2.24, 2.45) is 0 Å². The summed E-state index contributed by atoms with van der Waals surface area (Å²) in [6.07, 6.45) is 2.05. The summed E-state index contributed by atoms with van der Waals surface area (Å²) in [5.74, 6) is 0.665. The third-order valence-corrected chi connectivity index (χ3v) is 3.11. The van der Waals surface area contributed by atoms with Gasteiger partial charge < -0.3 is 15.4 Å². The number of hydrogen-bond acceptors (Lipinski definition) is 3. The van der Waals surface area contributed by atoms with E-state index in [1.54, 1.807) is 0 Å². The number of ether oxygens (including phenoxy) is 1. The molecule has 1 amide bonds. The highest BCUT2D eigenvalue weighted by molar-refractivity contribution is 5.77. The van der Waals surface area contributed by atoms with Crippen LogP contribution >= 0.6 is 0 Å². The Kier molecular flexibility index (Phi) is 7.83. The minimum atomic E-state index is -0.0679. The van der Waals surface area contributed by atoms with Gasteiger partial charge in [0.2, 0.25) is 0 Å². The Labute approximate surface area is 128 Å². The molecule has 0 aliphatic rings. The van der Waals surface area contributed by atoms with Crippen molar-refractivity contribution in [1.29, 1.82) is 0 Å². The second-order valence-corrected chi connectivity index (χ2v) is 5.73. The Morgan fingerprint density at radius 3 is 2.71 bits per heavy atom. The van der Waals surface area contributed by atoms with Crippen LogP contribution < -0.4 is 15.4 Å². The molecule has 2 N–H and O–H groups in total. The summed E-state index contributed by atoms with van der Waals surface area (Å²) in [6.45, 7) is 9.21. The molecule has 0 aliphatic heterocycles. The zero-order chi connectivity index (χ0) is 15.7. The smallest absolute Gasteiger partial charge is 0.258 e. The van der Waals surface area contributed by atoms with Gasteiger partial charge in [0.05, 0.1) is 0 Å². The van der Waals surface area contributed by atoms with Crippen molar-refractivity contribution in [1.82, 2.24) is 10.6 Å². The first-order valence-electron chi connectivity index (χ1n) is 7.75. The highest BCUT2D eigenvalue weighted by Gasteiger charge is 2.07. The van der Waals surface area contributed by atoms with Crippen molar-refractivity contribution < 1.29 is 9.53 Å². The summed E-state index contributed by atoms with van der Waals surface area (Å²) in [4.78, 5) is 11.8. The van der Waals surface area contributed by atoms with Gasteiger partial charge in [-0.05, 0) is 31.0 Å². The third-order valence-electron chi connectivity index (χ3n) is 3.11. The summed E-state index contributed by atoms with van der Waals surface area (Å²) in [5.41, 5.74) is 1.15. The van der Waals surface area contributed by atoms with E-state index in [4.69, 9.17) is 4.74 Å². The van der Waals surface area contributed by atoms with E-state index in [1.165, 1.54) is 0 Å². The van der Waals surface area contributed by atoms with Gasteiger partial charge in [-0.3, -0.25) is 4.79 Å². The summed E-state index contributed by atoms with van der Waals surface area (Å²) >= 11 is 0. The Balaban J connectivity index is 2.40. The molecule has 1 unspecified atom stereocenters. The molecule has 1 rings (SSSR count). The predicted molar refractivity (Wildman–Crippen MR) is 86.4 cm³/mol. The number of carbonyl (C=O) groups is 1. The highest BCUT2D eigenvalue weighted by atomic mass is 16.5. The predicted octanol–water partition coefficient (Wildman–Crippen LogP) is 2.87. The number of nitrogens with one attached hydrogen (secondary N) is 2. The van der Waals surface area contributed by atoms with Crippen molar-refractivity contribution >= 4 is 5.91 Å². The Bertz CT molecular complexity index is 433. The molecule has 0 saturated carbocycles. The zero-order valence-corrected chi connectivity index (χ0v) is 13.6. The van der Waals surface area contributed by atoms with Crippen LogP contribution in [0, 0.1) is 0 Å². The fraction of sp³-hybridized carbons (Fsp3) is 0.588. The van der Waals surface area contributed by atoms with Gasteiger partial charge in [-0.1, -0.05) is 39.3 Å². The Morgan fingerprint density at radius 1 is 1.29 bits per heavy atom. The zero-order valence-electron chi connectivity index (χ0n) is 13.6. The van der Waals surface area contributed by atoms with E-state index in [9.17, 15) is 4.79 Å². The lowest BCUT2D eigenvalue weighted by Crippen LogP contribution is -2.35. The molecule has 0 heterocycles. The van der Waals surface area contributed by atoms with Gasteiger partial charge in [-0.15, -0.1) is 0 Å². The third kappa shape index (κ3) is 7.71. The first kappa shape index (κ1) is 17.5. The molecule has 0 saturated heterocycles. The number of rotatable bonds is 9. The Hall–Kier alpha value is -1.55. The highest BCUT2D eigenvalue weighted by Crippen LogP contribution is 2.13. The van der Waals surface area contributed by atoms with E-state index in [1.807, 2.05) is 31.2 Å². The number of amides is 1. The summed E-state index contributed by atoms with van der Waals surface area (Å²) in [7, 11) is 0. The van der Waals surface area contributed by atoms with Crippen LogP contribution in [0.3, 0.4) is 0 Å². The lowest BCUT2D eigenvalue weighted by molar-refractivity contribution is -0.123. The van der Waals surface area contributed by atoms with Gasteiger partial charge >= 0.3 is 0 Å². The van der Waals surface area contributed by atoms with Crippen LogP contribution in [0.1, 0.15) is 46.1 Å². The monoisotopic (exact) mass is 292 g/mol. The standard InChI is InChI=1S/C17H28N2O2/c1-5-7-14(4)19-17(20)12-21-16-9-6-8-15(10-16)11-18-13(2)3/h6,8-10,13-14,18H,5,7,11-12H2,1-4H3,(H,19,20). The fourth-order valence-electron chi connectivity index (χ4n) is 2.04. The molecule has 1 aromatic rings. The maximum absolute atomic E-state index is 11.8. The molecule has 4 heteroatoms. The van der Waals surface area contributed by atoms with Crippen molar-refractivity contribution in [2.75, 3.05) is 6.61 Å².